The standard InChI is InChI=1S/C19H27BrO2/c1-17-9-15-14(21-15)7-10(17)3-4-11-12(17)5-6-18(2)13(11)8-16-19(18,20)22-16/h10-16H,3-9H2,1-2H3/t10-,11+,12-,13-,14-,15+,16+,17-,18-,19-/m0/s1. The Morgan fingerprint density at radius 3 is 2.73 bits per heavy atom. The molecule has 3 heteroatoms. The molecule has 0 spiro atoms. The van der Waals surface area contributed by atoms with Crippen molar-refractivity contribution in [3.63, 3.8) is 0 Å². The smallest absolute Gasteiger partial charge is 0.154 e. The molecular formula is C19H27BrO2. The zero-order valence-corrected chi connectivity index (χ0v) is 15.3. The molecule has 0 radical (unpaired) electrons. The summed E-state index contributed by atoms with van der Waals surface area (Å²) >= 11 is 3.99. The summed E-state index contributed by atoms with van der Waals surface area (Å²) in [6.07, 6.45) is 11.5. The minimum atomic E-state index is 0.0463. The summed E-state index contributed by atoms with van der Waals surface area (Å²) in [5.41, 5.74) is 0.949. The highest BCUT2D eigenvalue weighted by atomic mass is 79.9. The maximum absolute atomic E-state index is 6.04. The van der Waals surface area contributed by atoms with Gasteiger partial charge >= 0.3 is 0 Å². The van der Waals surface area contributed by atoms with Crippen LogP contribution in [-0.4, -0.2) is 22.8 Å². The molecule has 0 unspecified atom stereocenters. The van der Waals surface area contributed by atoms with Crippen molar-refractivity contribution in [2.75, 3.05) is 0 Å². The lowest BCUT2D eigenvalue weighted by Crippen LogP contribution is -2.54. The van der Waals surface area contributed by atoms with Crippen LogP contribution in [0.3, 0.4) is 0 Å². The fourth-order valence-corrected chi connectivity index (χ4v) is 8.71. The normalized spacial score (nSPS) is 70.8. The van der Waals surface area contributed by atoms with Gasteiger partial charge in [-0.25, -0.2) is 0 Å². The zero-order chi connectivity index (χ0) is 14.9. The zero-order valence-electron chi connectivity index (χ0n) is 13.7. The van der Waals surface area contributed by atoms with Gasteiger partial charge in [0.05, 0.1) is 18.3 Å². The van der Waals surface area contributed by atoms with Crippen LogP contribution in [0.25, 0.3) is 0 Å². The van der Waals surface area contributed by atoms with Crippen molar-refractivity contribution in [2.45, 2.75) is 81.6 Å². The minimum absolute atomic E-state index is 0.0463. The summed E-state index contributed by atoms with van der Waals surface area (Å²) in [7, 11) is 0. The van der Waals surface area contributed by atoms with Gasteiger partial charge in [-0.2, -0.15) is 0 Å². The maximum Gasteiger partial charge on any atom is 0.154 e. The van der Waals surface area contributed by atoms with Gasteiger partial charge in [0.25, 0.3) is 0 Å². The molecule has 0 bridgehead atoms. The molecule has 0 aromatic carbocycles. The Bertz CT molecular complexity index is 552. The van der Waals surface area contributed by atoms with Crippen LogP contribution in [-0.2, 0) is 9.47 Å². The third-order valence-electron chi connectivity index (χ3n) is 9.22. The van der Waals surface area contributed by atoms with Crippen LogP contribution in [0.15, 0.2) is 0 Å². The van der Waals surface area contributed by atoms with E-state index in [4.69, 9.17) is 9.47 Å². The SMILES string of the molecule is C[C@]12C[C@H]3O[C@H]3C[C@@H]1CC[C@@H]1[C@@H]2CC[C@@]2(C)[C@H]1C[C@H]1O[C@@]12Br. The predicted octanol–water partition coefficient (Wildman–Crippen LogP) is 4.51. The quantitative estimate of drug-likeness (QED) is 0.465. The summed E-state index contributed by atoms with van der Waals surface area (Å²) in [5, 5.41) is 0. The average Bonchev–Trinajstić information content (AvgIpc) is 3.34. The van der Waals surface area contributed by atoms with E-state index in [1.807, 2.05) is 0 Å². The Hall–Kier alpha value is 0.400. The monoisotopic (exact) mass is 366 g/mol. The van der Waals surface area contributed by atoms with Crippen molar-refractivity contribution in [1.29, 1.82) is 0 Å². The number of alkyl halides is 1. The molecule has 122 valence electrons. The number of rotatable bonds is 0. The molecule has 2 saturated heterocycles. The van der Waals surface area contributed by atoms with E-state index in [0.717, 1.165) is 23.7 Å². The van der Waals surface area contributed by atoms with Crippen LogP contribution < -0.4 is 0 Å². The van der Waals surface area contributed by atoms with E-state index in [0.29, 0.717) is 29.1 Å². The third-order valence-corrected chi connectivity index (χ3v) is 10.8. The van der Waals surface area contributed by atoms with Gasteiger partial charge in [0.15, 0.2) is 4.51 Å². The van der Waals surface area contributed by atoms with Gasteiger partial charge in [0.1, 0.15) is 0 Å². The fraction of sp³-hybridized carbons (Fsp3) is 1.00. The first-order valence-electron chi connectivity index (χ1n) is 9.48. The molecule has 4 aliphatic carbocycles. The Morgan fingerprint density at radius 2 is 1.86 bits per heavy atom. The molecule has 10 atom stereocenters. The Kier molecular flexibility index (Phi) is 2.36. The summed E-state index contributed by atoms with van der Waals surface area (Å²) < 4.78 is 12.0. The number of hydrogen-bond donors (Lipinski definition) is 0. The molecule has 0 N–H and O–H groups in total. The van der Waals surface area contributed by atoms with Crippen LogP contribution in [0.1, 0.15) is 58.8 Å². The third kappa shape index (κ3) is 1.39. The van der Waals surface area contributed by atoms with E-state index < -0.39 is 0 Å². The van der Waals surface area contributed by atoms with Gasteiger partial charge in [0, 0.05) is 5.41 Å². The first-order chi connectivity index (χ1) is 10.5. The van der Waals surface area contributed by atoms with E-state index in [1.165, 1.54) is 44.9 Å². The van der Waals surface area contributed by atoms with Gasteiger partial charge in [-0.15, -0.1) is 0 Å². The van der Waals surface area contributed by atoms with Crippen molar-refractivity contribution < 1.29 is 9.47 Å². The fourth-order valence-electron chi connectivity index (χ4n) is 7.80. The van der Waals surface area contributed by atoms with Crippen molar-refractivity contribution >= 4 is 15.9 Å². The molecule has 0 amide bonds. The molecule has 2 nitrogen and oxygen atoms in total. The van der Waals surface area contributed by atoms with Gasteiger partial charge in [0.2, 0.25) is 0 Å². The lowest BCUT2D eigenvalue weighted by atomic mass is 9.45. The molecule has 22 heavy (non-hydrogen) atoms. The Morgan fingerprint density at radius 1 is 1.00 bits per heavy atom. The van der Waals surface area contributed by atoms with Gasteiger partial charge < -0.3 is 9.47 Å². The number of halogens is 1. The molecule has 4 saturated carbocycles. The Labute approximate surface area is 141 Å². The van der Waals surface area contributed by atoms with Crippen molar-refractivity contribution in [2.24, 2.45) is 34.5 Å². The highest BCUT2D eigenvalue weighted by molar-refractivity contribution is 9.10. The van der Waals surface area contributed by atoms with Crippen LogP contribution >= 0.6 is 15.9 Å². The maximum atomic E-state index is 6.04. The predicted molar refractivity (Wildman–Crippen MR) is 87.7 cm³/mol. The van der Waals surface area contributed by atoms with E-state index in [1.54, 1.807) is 0 Å². The number of hydrogen-bond acceptors (Lipinski definition) is 2. The second kappa shape index (κ2) is 3.80. The lowest BCUT2D eigenvalue weighted by molar-refractivity contribution is -0.116. The second-order valence-corrected chi connectivity index (χ2v) is 10.9. The highest BCUT2D eigenvalue weighted by Gasteiger charge is 2.76. The van der Waals surface area contributed by atoms with Gasteiger partial charge in [-0.1, -0.05) is 29.8 Å². The summed E-state index contributed by atoms with van der Waals surface area (Å²) in [4.78, 5) is 0. The first kappa shape index (κ1) is 13.7. The van der Waals surface area contributed by atoms with Crippen molar-refractivity contribution in [3.05, 3.63) is 0 Å². The molecule has 0 aromatic heterocycles. The van der Waals surface area contributed by atoms with E-state index in [-0.39, 0.29) is 4.51 Å². The van der Waals surface area contributed by atoms with E-state index in [9.17, 15) is 0 Å². The van der Waals surface area contributed by atoms with Crippen LogP contribution in [0.4, 0.5) is 0 Å². The van der Waals surface area contributed by atoms with Crippen molar-refractivity contribution in [1.82, 2.24) is 0 Å². The molecular weight excluding hydrogens is 340 g/mol. The van der Waals surface area contributed by atoms with E-state index in [2.05, 4.69) is 29.8 Å². The first-order valence-corrected chi connectivity index (χ1v) is 10.3. The van der Waals surface area contributed by atoms with Crippen LogP contribution in [0, 0.1) is 34.5 Å². The molecule has 0 aromatic rings. The van der Waals surface area contributed by atoms with Crippen molar-refractivity contribution in [3.8, 4) is 0 Å². The molecule has 2 heterocycles. The van der Waals surface area contributed by atoms with E-state index >= 15 is 0 Å². The summed E-state index contributed by atoms with van der Waals surface area (Å²) in [6.45, 7) is 5.15. The molecule has 6 fully saturated rings. The van der Waals surface area contributed by atoms with Crippen LogP contribution in [0.5, 0.6) is 0 Å². The van der Waals surface area contributed by atoms with Gasteiger partial charge in [-0.05, 0) is 74.0 Å². The Balaban J connectivity index is 1.36. The lowest BCUT2D eigenvalue weighted by Gasteiger charge is -2.60. The molecule has 6 aliphatic rings. The molecule has 6 rings (SSSR count). The van der Waals surface area contributed by atoms with Gasteiger partial charge in [-0.3, -0.25) is 0 Å². The topological polar surface area (TPSA) is 25.1 Å². The molecule has 2 aliphatic heterocycles. The minimum Gasteiger partial charge on any atom is -0.370 e. The number of epoxide rings is 2. The van der Waals surface area contributed by atoms with Crippen LogP contribution in [0.2, 0.25) is 0 Å². The highest BCUT2D eigenvalue weighted by Crippen LogP contribution is 2.75. The average molecular weight is 367 g/mol. The second-order valence-electron chi connectivity index (χ2n) is 9.75. The number of fused-ring (bicyclic) bond motifs is 8. The summed E-state index contributed by atoms with van der Waals surface area (Å²) in [5.74, 6) is 3.72. The summed E-state index contributed by atoms with van der Waals surface area (Å²) in [6, 6.07) is 0. The largest absolute Gasteiger partial charge is 0.370 e. The number of ether oxygens (including phenoxy) is 2.